The van der Waals surface area contributed by atoms with Gasteiger partial charge in [-0.05, 0) is 25.0 Å². The highest BCUT2D eigenvalue weighted by Gasteiger charge is 2.31. The molecule has 3 nitrogen and oxygen atoms in total. The van der Waals surface area contributed by atoms with Crippen LogP contribution in [0.2, 0.25) is 5.02 Å². The normalized spacial score (nSPS) is 15.1. The fourth-order valence-electron chi connectivity index (χ4n) is 1.57. The Labute approximate surface area is 93.8 Å². The molecule has 1 fully saturated rings. The van der Waals surface area contributed by atoms with Crippen molar-refractivity contribution in [2.45, 2.75) is 18.9 Å². The summed E-state index contributed by atoms with van der Waals surface area (Å²) in [4.78, 5) is 13.7. The van der Waals surface area contributed by atoms with Crippen LogP contribution in [0, 0.1) is 0 Å². The van der Waals surface area contributed by atoms with Gasteiger partial charge in [-0.2, -0.15) is 0 Å². The first-order valence-electron chi connectivity index (χ1n) is 4.92. The molecule has 0 aromatic heterocycles. The van der Waals surface area contributed by atoms with Crippen molar-refractivity contribution in [2.75, 3.05) is 12.8 Å². The second-order valence-corrected chi connectivity index (χ2v) is 4.26. The number of amides is 1. The number of anilines is 1. The lowest BCUT2D eigenvalue weighted by Gasteiger charge is -2.18. The van der Waals surface area contributed by atoms with Crippen molar-refractivity contribution < 1.29 is 4.79 Å². The fraction of sp³-hybridized carbons (Fsp3) is 0.364. The zero-order valence-electron chi connectivity index (χ0n) is 8.53. The molecule has 0 atom stereocenters. The quantitative estimate of drug-likeness (QED) is 0.783. The van der Waals surface area contributed by atoms with Crippen molar-refractivity contribution >= 4 is 23.2 Å². The highest BCUT2D eigenvalue weighted by atomic mass is 35.5. The second kappa shape index (κ2) is 3.74. The minimum Gasteiger partial charge on any atom is -0.398 e. The second-order valence-electron chi connectivity index (χ2n) is 3.85. The van der Waals surface area contributed by atoms with Gasteiger partial charge in [-0.1, -0.05) is 17.7 Å². The number of nitrogens with two attached hydrogens (primary N) is 1. The van der Waals surface area contributed by atoms with Gasteiger partial charge in [-0.3, -0.25) is 4.79 Å². The monoisotopic (exact) mass is 224 g/mol. The molecule has 0 saturated heterocycles. The molecule has 1 aliphatic carbocycles. The molecule has 2 rings (SSSR count). The molecule has 1 amide bonds. The highest BCUT2D eigenvalue weighted by molar-refractivity contribution is 6.34. The minimum atomic E-state index is -0.0828. The van der Waals surface area contributed by atoms with E-state index in [-0.39, 0.29) is 5.91 Å². The maximum atomic E-state index is 12.0. The van der Waals surface area contributed by atoms with E-state index in [1.165, 1.54) is 0 Å². The van der Waals surface area contributed by atoms with Crippen LogP contribution in [0.1, 0.15) is 23.2 Å². The molecule has 1 aliphatic rings. The largest absolute Gasteiger partial charge is 0.398 e. The average molecular weight is 225 g/mol. The van der Waals surface area contributed by atoms with Gasteiger partial charge in [0.2, 0.25) is 0 Å². The summed E-state index contributed by atoms with van der Waals surface area (Å²) in [5.74, 6) is -0.0828. The topological polar surface area (TPSA) is 46.3 Å². The van der Waals surface area contributed by atoms with Crippen LogP contribution >= 0.6 is 11.6 Å². The van der Waals surface area contributed by atoms with Crippen LogP contribution in [0.15, 0.2) is 18.2 Å². The van der Waals surface area contributed by atoms with E-state index in [0.717, 1.165) is 12.8 Å². The molecule has 1 saturated carbocycles. The van der Waals surface area contributed by atoms with E-state index < -0.39 is 0 Å². The number of nitrogen functional groups attached to an aromatic ring is 1. The van der Waals surface area contributed by atoms with Crippen LogP contribution in [0.3, 0.4) is 0 Å². The summed E-state index contributed by atoms with van der Waals surface area (Å²) in [5.41, 5.74) is 6.62. The van der Waals surface area contributed by atoms with Crippen molar-refractivity contribution in [2.24, 2.45) is 0 Å². The summed E-state index contributed by atoms with van der Waals surface area (Å²) in [6.07, 6.45) is 2.15. The number of nitrogens with zero attached hydrogens (tertiary/aromatic N) is 1. The molecule has 15 heavy (non-hydrogen) atoms. The third-order valence-electron chi connectivity index (χ3n) is 2.67. The lowest BCUT2D eigenvalue weighted by Crippen LogP contribution is -2.29. The van der Waals surface area contributed by atoms with Gasteiger partial charge < -0.3 is 10.6 Å². The molecule has 2 N–H and O–H groups in total. The van der Waals surface area contributed by atoms with E-state index in [9.17, 15) is 4.79 Å². The van der Waals surface area contributed by atoms with E-state index in [0.29, 0.717) is 22.3 Å². The Morgan fingerprint density at radius 1 is 1.53 bits per heavy atom. The summed E-state index contributed by atoms with van der Waals surface area (Å²) in [6, 6.07) is 5.49. The third kappa shape index (κ3) is 1.92. The molecule has 0 aliphatic heterocycles. The molecule has 1 aromatic rings. The zero-order chi connectivity index (χ0) is 11.0. The molecular weight excluding hydrogens is 212 g/mol. The first-order valence-corrected chi connectivity index (χ1v) is 5.30. The van der Waals surface area contributed by atoms with E-state index in [1.807, 2.05) is 0 Å². The predicted octanol–water partition coefficient (Wildman–Crippen LogP) is 2.16. The Bertz CT molecular complexity index is 381. The van der Waals surface area contributed by atoms with Crippen LogP contribution in [-0.2, 0) is 0 Å². The number of benzene rings is 1. The smallest absolute Gasteiger partial charge is 0.257 e. The molecule has 0 spiro atoms. The Morgan fingerprint density at radius 2 is 2.20 bits per heavy atom. The first kappa shape index (κ1) is 10.3. The van der Waals surface area contributed by atoms with Crippen molar-refractivity contribution in [1.82, 2.24) is 4.90 Å². The molecule has 0 unspecified atom stereocenters. The van der Waals surface area contributed by atoms with E-state index in [2.05, 4.69) is 0 Å². The van der Waals surface area contributed by atoms with Gasteiger partial charge in [-0.15, -0.1) is 0 Å². The van der Waals surface area contributed by atoms with Gasteiger partial charge in [0, 0.05) is 18.8 Å². The summed E-state index contributed by atoms with van der Waals surface area (Å²) < 4.78 is 0. The van der Waals surface area contributed by atoms with Crippen molar-refractivity contribution in [3.63, 3.8) is 0 Å². The maximum Gasteiger partial charge on any atom is 0.257 e. The van der Waals surface area contributed by atoms with Crippen LogP contribution in [0.4, 0.5) is 5.69 Å². The van der Waals surface area contributed by atoms with Gasteiger partial charge in [0.1, 0.15) is 0 Å². The number of carbonyl (C=O) groups is 1. The van der Waals surface area contributed by atoms with Gasteiger partial charge in [0.15, 0.2) is 0 Å². The number of halogens is 1. The molecule has 80 valence electrons. The molecule has 0 heterocycles. The molecule has 4 heteroatoms. The Morgan fingerprint density at radius 3 is 2.73 bits per heavy atom. The van der Waals surface area contributed by atoms with Crippen LogP contribution in [0.5, 0.6) is 0 Å². The van der Waals surface area contributed by atoms with Crippen molar-refractivity contribution in [3.05, 3.63) is 28.8 Å². The minimum absolute atomic E-state index is 0.0828. The lowest BCUT2D eigenvalue weighted by atomic mass is 10.1. The molecule has 0 bridgehead atoms. The Balaban J connectivity index is 2.31. The number of hydrogen-bond acceptors (Lipinski definition) is 2. The summed E-state index contributed by atoms with van der Waals surface area (Å²) >= 11 is 5.97. The van der Waals surface area contributed by atoms with Crippen molar-refractivity contribution in [1.29, 1.82) is 0 Å². The molecule has 0 radical (unpaired) electrons. The van der Waals surface area contributed by atoms with E-state index in [4.69, 9.17) is 17.3 Å². The molecule has 1 aromatic carbocycles. The summed E-state index contributed by atoms with van der Waals surface area (Å²) in [5, 5.41) is 0.424. The third-order valence-corrected chi connectivity index (χ3v) is 2.99. The standard InChI is InChI=1S/C11H13ClN2O/c1-14(7-5-6-7)11(15)10-8(12)3-2-4-9(10)13/h2-4,7H,5-6,13H2,1H3. The summed E-state index contributed by atoms with van der Waals surface area (Å²) in [7, 11) is 1.79. The lowest BCUT2D eigenvalue weighted by molar-refractivity contribution is 0.0786. The predicted molar refractivity (Wildman–Crippen MR) is 61.0 cm³/mol. The fourth-order valence-corrected chi connectivity index (χ4v) is 1.83. The van der Waals surface area contributed by atoms with E-state index >= 15 is 0 Å². The van der Waals surface area contributed by atoms with Gasteiger partial charge in [0.25, 0.3) is 5.91 Å². The SMILES string of the molecule is CN(C(=O)c1c(N)cccc1Cl)C1CC1. The van der Waals surface area contributed by atoms with E-state index in [1.54, 1.807) is 30.1 Å². The van der Waals surface area contributed by atoms with Gasteiger partial charge >= 0.3 is 0 Å². The van der Waals surface area contributed by atoms with Crippen molar-refractivity contribution in [3.8, 4) is 0 Å². The number of carbonyl (C=O) groups excluding carboxylic acids is 1. The average Bonchev–Trinajstić information content (AvgIpc) is 2.99. The summed E-state index contributed by atoms with van der Waals surface area (Å²) in [6.45, 7) is 0. The first-order chi connectivity index (χ1) is 7.11. The maximum absolute atomic E-state index is 12.0. The van der Waals surface area contributed by atoms with Crippen LogP contribution < -0.4 is 5.73 Å². The van der Waals surface area contributed by atoms with Gasteiger partial charge in [-0.25, -0.2) is 0 Å². The van der Waals surface area contributed by atoms with Crippen LogP contribution in [0.25, 0.3) is 0 Å². The van der Waals surface area contributed by atoms with Crippen LogP contribution in [-0.4, -0.2) is 23.9 Å². The number of hydrogen-bond donors (Lipinski definition) is 1. The van der Waals surface area contributed by atoms with Gasteiger partial charge in [0.05, 0.1) is 10.6 Å². The Kier molecular flexibility index (Phi) is 2.57. The zero-order valence-corrected chi connectivity index (χ0v) is 9.29. The number of rotatable bonds is 2. The Hall–Kier alpha value is -1.22. The molecular formula is C11H13ClN2O. The highest BCUT2D eigenvalue weighted by Crippen LogP contribution is 2.30.